The predicted octanol–water partition coefficient (Wildman–Crippen LogP) is 8.56. The number of fused-ring (bicyclic) bond motifs is 6. The number of hydrogen-bond donors (Lipinski definition) is 4. The number of H-pyrrole nitrogens is 2. The van der Waals surface area contributed by atoms with Gasteiger partial charge in [0.1, 0.15) is 46.4 Å². The standard InChI is InChI=1S/C48H59BrN8O8/c1-9-25(5)39(54-47(60)63-8)45(58)56-21-27(22-62-7)17-36(56)44-51-40(42(49)55-44)29-12-14-31-30(18-29)23-65-37-20-32-28(19-33(31)37)13-15-34-41(32)52-43(50-34)35-16-11-26(6)57(35)46(59)38(24(3)4)53-48(61)64-10-2/h12-15,18-20,24-27,35-36,38-39H,9-11,16-17,21-23H2,1-8H3,(H,50,52)(H,51,55)(H,53,61)(H,54,60)/t25-,26-,27-,35-,36-,38-,39-/m0/s1. The van der Waals surface area contributed by atoms with Gasteiger partial charge in [-0.15, -0.1) is 0 Å². The minimum absolute atomic E-state index is 0.0345. The highest BCUT2D eigenvalue weighted by molar-refractivity contribution is 9.10. The number of aromatic nitrogens is 4. The predicted molar refractivity (Wildman–Crippen MR) is 249 cm³/mol. The molecule has 0 unspecified atom stereocenters. The zero-order chi connectivity index (χ0) is 46.3. The van der Waals surface area contributed by atoms with E-state index in [0.717, 1.165) is 62.7 Å². The van der Waals surface area contributed by atoms with Crippen molar-refractivity contribution in [2.75, 3.05) is 34.0 Å². The van der Waals surface area contributed by atoms with Gasteiger partial charge in [0.25, 0.3) is 0 Å². The summed E-state index contributed by atoms with van der Waals surface area (Å²) < 4.78 is 22.7. The van der Waals surface area contributed by atoms with Crippen LogP contribution in [0.3, 0.4) is 0 Å². The van der Waals surface area contributed by atoms with Crippen LogP contribution in [0.4, 0.5) is 9.59 Å². The molecular weight excluding hydrogens is 896 g/mol. The summed E-state index contributed by atoms with van der Waals surface area (Å²) in [4.78, 5) is 73.9. The number of nitrogens with zero attached hydrogens (tertiary/aromatic N) is 4. The van der Waals surface area contributed by atoms with Crippen LogP contribution >= 0.6 is 15.9 Å². The molecule has 0 spiro atoms. The maximum atomic E-state index is 14.2. The lowest BCUT2D eigenvalue weighted by Gasteiger charge is -2.33. The number of carbonyl (C=O) groups is 4. The van der Waals surface area contributed by atoms with Gasteiger partial charge in [-0.05, 0) is 102 Å². The lowest BCUT2D eigenvalue weighted by Crippen LogP contribution is -2.52. The summed E-state index contributed by atoms with van der Waals surface area (Å²) in [6.45, 7) is 13.1. The fourth-order valence-corrected chi connectivity index (χ4v) is 10.3. The third kappa shape index (κ3) is 8.88. The van der Waals surface area contributed by atoms with Gasteiger partial charge in [-0.25, -0.2) is 19.6 Å². The SMILES string of the molecule is CCOC(=O)N[C@H](C(=O)N1[C@@H](C)CC[C@H]1c1nc2c(ccc3cc4c(cc32)OCc2cc(-c3nc([C@@H]5C[C@H](COC)CN5C(=O)[C@@H](NC(=O)OC)[C@@H](C)CC)[nH]c3Br)ccc2-4)[nH]1)C(C)C. The third-order valence-corrected chi connectivity index (χ3v) is 13.9. The van der Waals surface area contributed by atoms with Crippen molar-refractivity contribution in [2.45, 2.75) is 104 Å². The number of halogens is 1. The molecule has 0 radical (unpaired) electrons. The Morgan fingerprint density at radius 1 is 0.908 bits per heavy atom. The van der Waals surface area contributed by atoms with E-state index in [9.17, 15) is 19.2 Å². The molecular formula is C48H59BrN8O8. The number of imidazole rings is 2. The molecule has 3 aliphatic rings. The summed E-state index contributed by atoms with van der Waals surface area (Å²) in [6.07, 6.45) is 1.64. The third-order valence-electron chi connectivity index (χ3n) is 13.4. The second kappa shape index (κ2) is 19.0. The molecule has 346 valence electrons. The number of likely N-dealkylation sites (tertiary alicyclic amines) is 2. The molecule has 7 atom stereocenters. The van der Waals surface area contributed by atoms with Crippen LogP contribution in [0, 0.1) is 17.8 Å². The van der Waals surface area contributed by atoms with E-state index < -0.39 is 24.3 Å². The quantitative estimate of drug-likeness (QED) is 0.0889. The number of benzene rings is 3. The molecule has 2 aromatic heterocycles. The second-order valence-electron chi connectivity index (χ2n) is 17.9. The van der Waals surface area contributed by atoms with E-state index in [1.165, 1.54) is 7.11 Å². The second-order valence-corrected chi connectivity index (χ2v) is 18.7. The Morgan fingerprint density at radius 2 is 1.68 bits per heavy atom. The van der Waals surface area contributed by atoms with Gasteiger partial charge in [0.05, 0.1) is 43.4 Å². The maximum Gasteiger partial charge on any atom is 0.407 e. The molecule has 17 heteroatoms. The molecule has 5 heterocycles. The number of alkyl carbamates (subject to hydrolysis) is 2. The molecule has 5 aromatic rings. The van der Waals surface area contributed by atoms with E-state index in [2.05, 4.69) is 72.9 Å². The highest BCUT2D eigenvalue weighted by atomic mass is 79.9. The van der Waals surface area contributed by atoms with Gasteiger partial charge in [0, 0.05) is 42.1 Å². The molecule has 0 saturated carbocycles. The van der Waals surface area contributed by atoms with Crippen molar-refractivity contribution in [2.24, 2.45) is 17.8 Å². The summed E-state index contributed by atoms with van der Waals surface area (Å²) in [5.74, 6) is 1.60. The van der Waals surface area contributed by atoms with Crippen LogP contribution in [0.5, 0.6) is 5.75 Å². The highest BCUT2D eigenvalue weighted by Crippen LogP contribution is 2.45. The highest BCUT2D eigenvalue weighted by Gasteiger charge is 2.43. The largest absolute Gasteiger partial charge is 0.488 e. The average molecular weight is 956 g/mol. The molecule has 8 rings (SSSR count). The van der Waals surface area contributed by atoms with Crippen LogP contribution in [0.15, 0.2) is 47.1 Å². The zero-order valence-electron chi connectivity index (χ0n) is 38.2. The van der Waals surface area contributed by atoms with E-state index in [4.69, 9.17) is 28.9 Å². The van der Waals surface area contributed by atoms with Gasteiger partial charge in [-0.3, -0.25) is 9.59 Å². The lowest BCUT2D eigenvalue weighted by molar-refractivity contribution is -0.137. The Hall–Kier alpha value is -5.68. The van der Waals surface area contributed by atoms with Crippen molar-refractivity contribution in [1.29, 1.82) is 0 Å². The summed E-state index contributed by atoms with van der Waals surface area (Å²) in [6, 6.07) is 12.4. The average Bonchev–Trinajstić information content (AvgIpc) is 4.10. The Kier molecular flexibility index (Phi) is 13.4. The Labute approximate surface area is 387 Å². The molecule has 16 nitrogen and oxygen atoms in total. The number of hydrogen-bond acceptors (Lipinski definition) is 10. The fraction of sp³-hybridized carbons (Fsp3) is 0.500. The maximum absolute atomic E-state index is 14.2. The molecule has 65 heavy (non-hydrogen) atoms. The molecule has 0 aliphatic carbocycles. The summed E-state index contributed by atoms with van der Waals surface area (Å²) >= 11 is 3.74. The van der Waals surface area contributed by atoms with Gasteiger partial charge in [0.15, 0.2) is 0 Å². The van der Waals surface area contributed by atoms with Crippen molar-refractivity contribution in [3.05, 3.63) is 64.3 Å². The van der Waals surface area contributed by atoms with Crippen molar-refractivity contribution in [3.63, 3.8) is 0 Å². The summed E-state index contributed by atoms with van der Waals surface area (Å²) in [5.41, 5.74) is 6.29. The first kappa shape index (κ1) is 45.9. The lowest BCUT2D eigenvalue weighted by atomic mass is 9.92. The van der Waals surface area contributed by atoms with Gasteiger partial charge in [-0.2, -0.15) is 0 Å². The Balaban J connectivity index is 1.06. The van der Waals surface area contributed by atoms with Crippen LogP contribution in [0.1, 0.15) is 96.5 Å². The van der Waals surface area contributed by atoms with Crippen LogP contribution < -0.4 is 15.4 Å². The van der Waals surface area contributed by atoms with E-state index in [0.29, 0.717) is 54.5 Å². The number of methoxy groups -OCH3 is 2. The molecule has 0 bridgehead atoms. The first-order valence-electron chi connectivity index (χ1n) is 22.6. The topological polar surface area (TPSA) is 193 Å². The van der Waals surface area contributed by atoms with Crippen molar-refractivity contribution in [1.82, 2.24) is 40.4 Å². The van der Waals surface area contributed by atoms with E-state index >= 15 is 0 Å². The molecule has 3 aliphatic heterocycles. The minimum Gasteiger partial charge on any atom is -0.488 e. The smallest absolute Gasteiger partial charge is 0.407 e. The van der Waals surface area contributed by atoms with Gasteiger partial charge in [0.2, 0.25) is 11.8 Å². The minimum atomic E-state index is -0.756. The van der Waals surface area contributed by atoms with E-state index in [-0.39, 0.29) is 54.3 Å². The zero-order valence-corrected chi connectivity index (χ0v) is 39.8. The monoisotopic (exact) mass is 954 g/mol. The van der Waals surface area contributed by atoms with Crippen molar-refractivity contribution in [3.8, 4) is 28.1 Å². The first-order chi connectivity index (χ1) is 31.2. The molecule has 2 fully saturated rings. The van der Waals surface area contributed by atoms with Gasteiger partial charge in [-0.1, -0.05) is 52.3 Å². The van der Waals surface area contributed by atoms with Crippen molar-refractivity contribution < 1.29 is 38.1 Å². The summed E-state index contributed by atoms with van der Waals surface area (Å²) in [5, 5.41) is 7.50. The van der Waals surface area contributed by atoms with Crippen molar-refractivity contribution >= 4 is 61.7 Å². The molecule has 4 N–H and O–H groups in total. The first-order valence-corrected chi connectivity index (χ1v) is 23.4. The number of carbonyl (C=O) groups excluding carboxylic acids is 4. The van der Waals surface area contributed by atoms with Crippen LogP contribution in [0.25, 0.3) is 44.2 Å². The molecule has 2 saturated heterocycles. The van der Waals surface area contributed by atoms with Gasteiger partial charge < -0.3 is 49.3 Å². The van der Waals surface area contributed by atoms with E-state index in [1.54, 1.807) is 14.0 Å². The number of ether oxygens (including phenoxy) is 4. The molecule has 4 amide bonds. The Morgan fingerprint density at radius 3 is 2.40 bits per heavy atom. The van der Waals surface area contributed by atoms with E-state index in [1.807, 2.05) is 50.5 Å². The summed E-state index contributed by atoms with van der Waals surface area (Å²) in [7, 11) is 2.95. The molecule has 3 aromatic carbocycles. The number of nitrogens with one attached hydrogen (secondary N) is 4. The number of rotatable bonds is 13. The fourth-order valence-electron chi connectivity index (χ4n) is 9.76. The van der Waals surface area contributed by atoms with Gasteiger partial charge >= 0.3 is 12.2 Å². The van der Waals surface area contributed by atoms with Crippen LogP contribution in [0.2, 0.25) is 0 Å². The number of amides is 4. The Bertz CT molecular complexity index is 2610. The normalized spacial score (nSPS) is 20.6. The van der Waals surface area contributed by atoms with Crippen LogP contribution in [-0.4, -0.2) is 106 Å². The number of aromatic amines is 2. The van der Waals surface area contributed by atoms with Crippen LogP contribution in [-0.2, 0) is 30.4 Å².